The minimum atomic E-state index is -1.07. The van der Waals surface area contributed by atoms with Gasteiger partial charge in [0, 0.05) is 5.56 Å². The molecule has 0 aromatic heterocycles. The third kappa shape index (κ3) is 4.34. The Bertz CT molecular complexity index is 767. The fourth-order valence-corrected chi connectivity index (χ4v) is 2.83. The molecular weight excluding hydrogens is 353 g/mol. The number of esters is 1. The van der Waals surface area contributed by atoms with Gasteiger partial charge in [-0.25, -0.2) is 13.2 Å². The van der Waals surface area contributed by atoms with E-state index in [2.05, 4.69) is 0 Å². The lowest BCUT2D eigenvalue weighted by Gasteiger charge is -2.16. The summed E-state index contributed by atoms with van der Waals surface area (Å²) in [6.07, 6.45) is 0. The van der Waals surface area contributed by atoms with E-state index in [9.17, 15) is 18.0 Å². The summed E-state index contributed by atoms with van der Waals surface area (Å²) in [5.74, 6) is -4.09. The van der Waals surface area contributed by atoms with E-state index in [1.54, 1.807) is 20.8 Å². The van der Waals surface area contributed by atoms with E-state index >= 15 is 0 Å². The molecule has 0 N–H and O–H groups in total. The van der Waals surface area contributed by atoms with Crippen LogP contribution < -0.4 is 0 Å². The summed E-state index contributed by atoms with van der Waals surface area (Å²) in [6, 6.07) is 5.15. The monoisotopic (exact) mass is 372 g/mol. The number of ether oxygens (including phenoxy) is 1. The van der Waals surface area contributed by atoms with Gasteiger partial charge in [-0.1, -0.05) is 0 Å². The molecule has 0 amide bonds. The van der Waals surface area contributed by atoms with E-state index in [1.807, 2.05) is 0 Å². The number of hydrogen-bond donors (Lipinski definition) is 0. The topological polar surface area (TPSA) is 26.3 Å². The fraction of sp³-hybridized carbons (Fsp3) is 0.316. The Hall–Kier alpha value is -2.01. The maximum Gasteiger partial charge on any atom is 0.313 e. The summed E-state index contributed by atoms with van der Waals surface area (Å²) >= 11 is 0. The number of rotatable bonds is 4. The maximum atomic E-state index is 14.2. The first kappa shape index (κ1) is 21.0. The van der Waals surface area contributed by atoms with Crippen molar-refractivity contribution < 1.29 is 22.7 Å². The van der Waals surface area contributed by atoms with Gasteiger partial charge in [-0.15, -0.1) is 12.4 Å². The van der Waals surface area contributed by atoms with Crippen LogP contribution in [0.4, 0.5) is 13.2 Å². The molecule has 0 aliphatic rings. The van der Waals surface area contributed by atoms with Gasteiger partial charge in [0.05, 0.1) is 12.5 Å². The molecule has 2 rings (SSSR count). The van der Waals surface area contributed by atoms with Gasteiger partial charge in [-0.2, -0.15) is 0 Å². The maximum absolute atomic E-state index is 14.2. The average molecular weight is 373 g/mol. The lowest BCUT2D eigenvalue weighted by molar-refractivity contribution is -0.144. The molecule has 25 heavy (non-hydrogen) atoms. The number of benzene rings is 2. The van der Waals surface area contributed by atoms with Crippen LogP contribution in [-0.2, 0) is 9.53 Å². The first-order chi connectivity index (χ1) is 11.3. The van der Waals surface area contributed by atoms with Crippen molar-refractivity contribution in [1.29, 1.82) is 0 Å². The first-order valence-corrected chi connectivity index (χ1v) is 7.69. The summed E-state index contributed by atoms with van der Waals surface area (Å²) < 4.78 is 46.6. The zero-order valence-corrected chi connectivity index (χ0v) is 15.3. The second kappa shape index (κ2) is 8.39. The molecule has 2 aromatic carbocycles. The molecule has 0 radical (unpaired) electrons. The molecule has 0 bridgehead atoms. The van der Waals surface area contributed by atoms with Crippen LogP contribution in [0.1, 0.15) is 36.5 Å². The SMILES string of the molecule is CCOC(=O)C(C)c1cc(-c2c(C)cc(F)cc2C)cc(F)c1F.Cl. The molecule has 1 atom stereocenters. The van der Waals surface area contributed by atoms with Crippen LogP contribution in [0.5, 0.6) is 0 Å². The van der Waals surface area contributed by atoms with Crippen molar-refractivity contribution in [2.45, 2.75) is 33.6 Å². The average Bonchev–Trinajstić information content (AvgIpc) is 2.49. The van der Waals surface area contributed by atoms with Gasteiger partial charge in [0.25, 0.3) is 0 Å². The zero-order chi connectivity index (χ0) is 18.0. The van der Waals surface area contributed by atoms with Crippen LogP contribution in [0.2, 0.25) is 0 Å². The highest BCUT2D eigenvalue weighted by molar-refractivity contribution is 5.85. The fourth-order valence-electron chi connectivity index (χ4n) is 2.83. The summed E-state index contributed by atoms with van der Waals surface area (Å²) in [5.41, 5.74) is 2.15. The smallest absolute Gasteiger partial charge is 0.313 e. The number of hydrogen-bond acceptors (Lipinski definition) is 2. The third-order valence-corrected chi connectivity index (χ3v) is 3.95. The highest BCUT2D eigenvalue weighted by Gasteiger charge is 2.24. The minimum Gasteiger partial charge on any atom is -0.466 e. The van der Waals surface area contributed by atoms with Crippen molar-refractivity contribution in [1.82, 2.24) is 0 Å². The van der Waals surface area contributed by atoms with Crippen LogP contribution in [0, 0.1) is 31.3 Å². The van der Waals surface area contributed by atoms with Crippen LogP contribution in [-0.4, -0.2) is 12.6 Å². The van der Waals surface area contributed by atoms with Crippen molar-refractivity contribution in [2.75, 3.05) is 6.61 Å². The van der Waals surface area contributed by atoms with Crippen LogP contribution >= 0.6 is 12.4 Å². The van der Waals surface area contributed by atoms with E-state index < -0.39 is 29.3 Å². The standard InChI is InChI=1S/C19H19F3O2.ClH/c1-5-24-19(23)12(4)15-8-13(9-16(21)18(15)22)17-10(2)6-14(20)7-11(17)3;/h6-9,12H,5H2,1-4H3;1H. The van der Waals surface area contributed by atoms with Crippen LogP contribution in [0.3, 0.4) is 0 Å². The van der Waals surface area contributed by atoms with E-state index in [4.69, 9.17) is 4.74 Å². The minimum absolute atomic E-state index is 0. The number of halogens is 4. The van der Waals surface area contributed by atoms with Gasteiger partial charge < -0.3 is 4.74 Å². The van der Waals surface area contributed by atoms with Gasteiger partial charge in [-0.05, 0) is 74.2 Å². The number of carbonyl (C=O) groups is 1. The van der Waals surface area contributed by atoms with Crippen molar-refractivity contribution in [3.8, 4) is 11.1 Å². The molecule has 6 heteroatoms. The van der Waals surface area contributed by atoms with E-state index in [1.165, 1.54) is 25.1 Å². The van der Waals surface area contributed by atoms with Gasteiger partial charge in [0.1, 0.15) is 5.82 Å². The van der Waals surface area contributed by atoms with Crippen molar-refractivity contribution in [3.63, 3.8) is 0 Å². The summed E-state index contributed by atoms with van der Waals surface area (Å²) in [7, 11) is 0. The highest BCUT2D eigenvalue weighted by atomic mass is 35.5. The van der Waals surface area contributed by atoms with Crippen LogP contribution in [0.25, 0.3) is 11.1 Å². The van der Waals surface area contributed by atoms with E-state index in [0.29, 0.717) is 22.3 Å². The molecule has 1 unspecified atom stereocenters. The molecule has 0 aliphatic heterocycles. The van der Waals surface area contributed by atoms with Gasteiger partial charge >= 0.3 is 5.97 Å². The molecule has 0 spiro atoms. The first-order valence-electron chi connectivity index (χ1n) is 7.69. The molecule has 136 valence electrons. The Labute approximate surface area is 151 Å². The van der Waals surface area contributed by atoms with Gasteiger partial charge in [0.15, 0.2) is 11.6 Å². The predicted octanol–water partition coefficient (Wildman–Crippen LogP) is 5.48. The Morgan fingerprint density at radius 2 is 1.64 bits per heavy atom. The van der Waals surface area contributed by atoms with Crippen molar-refractivity contribution in [2.24, 2.45) is 0 Å². The third-order valence-electron chi connectivity index (χ3n) is 3.95. The molecule has 0 aliphatic carbocycles. The van der Waals surface area contributed by atoms with Gasteiger partial charge in [-0.3, -0.25) is 4.79 Å². The summed E-state index contributed by atoms with van der Waals surface area (Å²) in [5, 5.41) is 0. The Balaban J connectivity index is 0.00000312. The van der Waals surface area contributed by atoms with E-state index in [-0.39, 0.29) is 24.6 Å². The molecular formula is C19H20ClF3O2. The molecule has 0 fully saturated rings. The van der Waals surface area contributed by atoms with Gasteiger partial charge in [0.2, 0.25) is 0 Å². The Morgan fingerprint density at radius 1 is 1.08 bits per heavy atom. The molecule has 0 saturated carbocycles. The lowest BCUT2D eigenvalue weighted by Crippen LogP contribution is -2.15. The normalized spacial score (nSPS) is 11.6. The van der Waals surface area contributed by atoms with Crippen LogP contribution in [0.15, 0.2) is 24.3 Å². The van der Waals surface area contributed by atoms with Crippen molar-refractivity contribution >= 4 is 18.4 Å². The summed E-state index contributed by atoms with van der Waals surface area (Å²) in [4.78, 5) is 11.9. The lowest BCUT2D eigenvalue weighted by atomic mass is 9.91. The van der Waals surface area contributed by atoms with Crippen molar-refractivity contribution in [3.05, 3.63) is 58.4 Å². The predicted molar refractivity (Wildman–Crippen MR) is 93.5 cm³/mol. The second-order valence-corrected chi connectivity index (χ2v) is 5.75. The quantitative estimate of drug-likeness (QED) is 0.664. The Kier molecular flexibility index (Phi) is 7.06. The molecule has 2 aromatic rings. The molecule has 0 heterocycles. The number of aryl methyl sites for hydroxylation is 2. The molecule has 0 saturated heterocycles. The van der Waals surface area contributed by atoms with E-state index in [0.717, 1.165) is 6.07 Å². The molecule has 2 nitrogen and oxygen atoms in total. The second-order valence-electron chi connectivity index (χ2n) is 5.75. The number of carbonyl (C=O) groups excluding carboxylic acids is 1. The highest BCUT2D eigenvalue weighted by Crippen LogP contribution is 2.33. The zero-order valence-electron chi connectivity index (χ0n) is 14.5. The largest absolute Gasteiger partial charge is 0.466 e. The summed E-state index contributed by atoms with van der Waals surface area (Å²) in [6.45, 7) is 6.65. The Morgan fingerprint density at radius 3 is 2.16 bits per heavy atom.